The summed E-state index contributed by atoms with van der Waals surface area (Å²) in [5, 5.41) is 3.31. The van der Waals surface area contributed by atoms with Crippen LogP contribution < -0.4 is 5.32 Å². The maximum atomic E-state index is 5.47. The van der Waals surface area contributed by atoms with Crippen molar-refractivity contribution < 1.29 is 4.74 Å². The molecule has 0 saturated carbocycles. The third kappa shape index (κ3) is 1.66. The highest BCUT2D eigenvalue weighted by molar-refractivity contribution is 4.76. The molecule has 1 aliphatic rings. The van der Waals surface area contributed by atoms with E-state index >= 15 is 0 Å². The molecule has 1 rings (SSSR count). The van der Waals surface area contributed by atoms with Crippen LogP contribution in [0.4, 0.5) is 0 Å². The number of hydrogen-bond acceptors (Lipinski definition) is 2. The van der Waals surface area contributed by atoms with E-state index in [1.807, 2.05) is 0 Å². The van der Waals surface area contributed by atoms with E-state index < -0.39 is 0 Å². The van der Waals surface area contributed by atoms with Crippen LogP contribution in [0.1, 0.15) is 26.7 Å². The maximum Gasteiger partial charge on any atom is 0.116 e. The smallest absolute Gasteiger partial charge is 0.116 e. The van der Waals surface area contributed by atoms with E-state index in [-0.39, 0.29) is 5.72 Å². The number of ether oxygens (including phenoxy) is 1. The normalized spacial score (nSPS) is 35.3. The Bertz CT molecular complexity index is 86.9. The molecule has 1 heterocycles. The molecule has 1 saturated heterocycles. The molecule has 0 bridgehead atoms. The van der Waals surface area contributed by atoms with E-state index in [1.165, 1.54) is 6.42 Å². The molecule has 0 aliphatic carbocycles. The summed E-state index contributed by atoms with van der Waals surface area (Å²) in [5.41, 5.74) is -0.00521. The molecule has 2 heteroatoms. The summed E-state index contributed by atoms with van der Waals surface area (Å²) in [5.74, 6) is 0. The minimum atomic E-state index is -0.00521. The topological polar surface area (TPSA) is 21.3 Å². The first-order valence-electron chi connectivity index (χ1n) is 3.66. The highest BCUT2D eigenvalue weighted by atomic mass is 16.5. The molecule has 9 heavy (non-hydrogen) atoms. The molecule has 0 aromatic rings. The first-order valence-corrected chi connectivity index (χ1v) is 3.66. The van der Waals surface area contributed by atoms with Gasteiger partial charge in [-0.3, -0.25) is 5.32 Å². The van der Waals surface area contributed by atoms with E-state index in [2.05, 4.69) is 19.2 Å². The third-order valence-corrected chi connectivity index (χ3v) is 1.75. The van der Waals surface area contributed by atoms with Gasteiger partial charge in [0.15, 0.2) is 0 Å². The van der Waals surface area contributed by atoms with Crippen molar-refractivity contribution in [1.82, 2.24) is 5.32 Å². The fourth-order valence-corrected chi connectivity index (χ4v) is 1.28. The lowest BCUT2D eigenvalue weighted by Gasteiger charge is -2.22. The van der Waals surface area contributed by atoms with Gasteiger partial charge in [-0.1, -0.05) is 13.3 Å². The quantitative estimate of drug-likeness (QED) is 0.603. The molecule has 0 spiro atoms. The fraction of sp³-hybridized carbons (Fsp3) is 1.00. The molecule has 0 amide bonds. The predicted octanol–water partition coefficient (Wildman–Crippen LogP) is 1.12. The summed E-state index contributed by atoms with van der Waals surface area (Å²) in [6.07, 6.45) is 2.30. The molecule has 1 fully saturated rings. The van der Waals surface area contributed by atoms with Gasteiger partial charge in [-0.25, -0.2) is 0 Å². The molecule has 0 aromatic heterocycles. The van der Waals surface area contributed by atoms with Crippen LogP contribution in [0.2, 0.25) is 0 Å². The number of hydrogen-bond donors (Lipinski definition) is 1. The average molecular weight is 129 g/mol. The van der Waals surface area contributed by atoms with Crippen molar-refractivity contribution in [2.24, 2.45) is 0 Å². The van der Waals surface area contributed by atoms with Gasteiger partial charge in [-0.05, 0) is 13.3 Å². The van der Waals surface area contributed by atoms with Crippen molar-refractivity contribution in [3.63, 3.8) is 0 Å². The Morgan fingerprint density at radius 2 is 2.44 bits per heavy atom. The molecule has 0 radical (unpaired) electrons. The lowest BCUT2D eigenvalue weighted by molar-refractivity contribution is -0.00102. The SMILES string of the molecule is CCCC1(C)NCCO1. The van der Waals surface area contributed by atoms with Crippen molar-refractivity contribution in [2.75, 3.05) is 13.2 Å². The standard InChI is InChI=1S/C7H15NO/c1-3-4-7(2)8-5-6-9-7/h8H,3-6H2,1-2H3. The van der Waals surface area contributed by atoms with Gasteiger partial charge in [-0.2, -0.15) is 0 Å². The summed E-state index contributed by atoms with van der Waals surface area (Å²) in [6.45, 7) is 6.17. The molecular weight excluding hydrogens is 114 g/mol. The first-order chi connectivity index (χ1) is 4.27. The number of nitrogens with one attached hydrogen (secondary N) is 1. The Labute approximate surface area is 56.6 Å². The van der Waals surface area contributed by atoms with Crippen LogP contribution in [0.3, 0.4) is 0 Å². The van der Waals surface area contributed by atoms with Crippen LogP contribution in [-0.2, 0) is 4.74 Å². The molecule has 0 aromatic carbocycles. The predicted molar refractivity (Wildman–Crippen MR) is 37.3 cm³/mol. The Morgan fingerprint density at radius 3 is 2.89 bits per heavy atom. The van der Waals surface area contributed by atoms with E-state index in [1.54, 1.807) is 0 Å². The average Bonchev–Trinajstić information content (AvgIpc) is 2.16. The maximum absolute atomic E-state index is 5.47. The second-order valence-corrected chi connectivity index (χ2v) is 2.76. The minimum Gasteiger partial charge on any atom is -0.360 e. The lowest BCUT2D eigenvalue weighted by atomic mass is 10.1. The van der Waals surface area contributed by atoms with E-state index in [9.17, 15) is 0 Å². The highest BCUT2D eigenvalue weighted by Gasteiger charge is 2.27. The fourth-order valence-electron chi connectivity index (χ4n) is 1.28. The second kappa shape index (κ2) is 2.67. The van der Waals surface area contributed by atoms with Crippen LogP contribution in [-0.4, -0.2) is 18.9 Å². The molecule has 1 atom stereocenters. The summed E-state index contributed by atoms with van der Waals surface area (Å²) in [6, 6.07) is 0. The summed E-state index contributed by atoms with van der Waals surface area (Å²) in [7, 11) is 0. The molecule has 1 N–H and O–H groups in total. The molecule has 1 unspecified atom stereocenters. The van der Waals surface area contributed by atoms with Crippen molar-refractivity contribution in [3.8, 4) is 0 Å². The van der Waals surface area contributed by atoms with E-state index in [4.69, 9.17) is 4.74 Å². The van der Waals surface area contributed by atoms with Crippen molar-refractivity contribution in [2.45, 2.75) is 32.4 Å². The van der Waals surface area contributed by atoms with E-state index in [0.29, 0.717) is 0 Å². The Balaban J connectivity index is 2.32. The van der Waals surface area contributed by atoms with Crippen LogP contribution >= 0.6 is 0 Å². The van der Waals surface area contributed by atoms with Crippen molar-refractivity contribution in [1.29, 1.82) is 0 Å². The van der Waals surface area contributed by atoms with Gasteiger partial charge in [0.2, 0.25) is 0 Å². The monoisotopic (exact) mass is 129 g/mol. The van der Waals surface area contributed by atoms with Gasteiger partial charge in [0.1, 0.15) is 5.72 Å². The summed E-state index contributed by atoms with van der Waals surface area (Å²) in [4.78, 5) is 0. The van der Waals surface area contributed by atoms with Crippen LogP contribution in [0.5, 0.6) is 0 Å². The van der Waals surface area contributed by atoms with Gasteiger partial charge >= 0.3 is 0 Å². The van der Waals surface area contributed by atoms with Crippen molar-refractivity contribution >= 4 is 0 Å². The Kier molecular flexibility index (Phi) is 2.09. The Hall–Kier alpha value is -0.0800. The van der Waals surface area contributed by atoms with Crippen LogP contribution in [0, 0.1) is 0 Å². The van der Waals surface area contributed by atoms with Crippen molar-refractivity contribution in [3.05, 3.63) is 0 Å². The third-order valence-electron chi connectivity index (χ3n) is 1.75. The van der Waals surface area contributed by atoms with Crippen LogP contribution in [0.15, 0.2) is 0 Å². The zero-order valence-electron chi connectivity index (χ0n) is 6.24. The molecule has 1 aliphatic heterocycles. The zero-order valence-corrected chi connectivity index (χ0v) is 6.24. The summed E-state index contributed by atoms with van der Waals surface area (Å²) < 4.78 is 5.47. The minimum absolute atomic E-state index is 0.00521. The second-order valence-electron chi connectivity index (χ2n) is 2.76. The first kappa shape index (κ1) is 7.03. The van der Waals surface area contributed by atoms with Gasteiger partial charge in [-0.15, -0.1) is 0 Å². The largest absolute Gasteiger partial charge is 0.360 e. The van der Waals surface area contributed by atoms with Gasteiger partial charge < -0.3 is 4.74 Å². The molecular formula is C7H15NO. The molecule has 2 nitrogen and oxygen atoms in total. The molecule has 54 valence electrons. The van der Waals surface area contributed by atoms with Gasteiger partial charge in [0.05, 0.1) is 6.61 Å². The lowest BCUT2D eigenvalue weighted by Crippen LogP contribution is -2.37. The highest BCUT2D eigenvalue weighted by Crippen LogP contribution is 2.16. The van der Waals surface area contributed by atoms with Crippen LogP contribution in [0.25, 0.3) is 0 Å². The number of rotatable bonds is 2. The van der Waals surface area contributed by atoms with Gasteiger partial charge in [0.25, 0.3) is 0 Å². The zero-order chi connectivity index (χ0) is 6.74. The summed E-state index contributed by atoms with van der Waals surface area (Å²) >= 11 is 0. The van der Waals surface area contributed by atoms with E-state index in [0.717, 1.165) is 19.6 Å². The van der Waals surface area contributed by atoms with Gasteiger partial charge in [0, 0.05) is 6.54 Å². The Morgan fingerprint density at radius 1 is 1.67 bits per heavy atom.